The Labute approximate surface area is 150 Å². The number of rotatable bonds is 6. The molecule has 2 rings (SSSR count). The molecule has 1 amide bonds. The number of methoxy groups -OCH3 is 1. The zero-order valence-electron chi connectivity index (χ0n) is 15.9. The smallest absolute Gasteiger partial charge is 0.263 e. The van der Waals surface area contributed by atoms with Crippen LogP contribution in [-0.4, -0.2) is 31.1 Å². The van der Waals surface area contributed by atoms with E-state index in [2.05, 4.69) is 13.0 Å². The van der Waals surface area contributed by atoms with Gasteiger partial charge in [0, 0.05) is 19.2 Å². The molecule has 4 nitrogen and oxygen atoms in total. The van der Waals surface area contributed by atoms with E-state index in [-0.39, 0.29) is 5.91 Å². The Hall–Kier alpha value is -2.49. The largest absolute Gasteiger partial charge is 0.496 e. The highest BCUT2D eigenvalue weighted by Gasteiger charge is 2.21. The van der Waals surface area contributed by atoms with E-state index in [9.17, 15) is 4.79 Å². The Morgan fingerprint density at radius 1 is 1.12 bits per heavy atom. The topological polar surface area (TPSA) is 38.8 Å². The molecule has 0 aromatic heterocycles. The molecule has 25 heavy (non-hydrogen) atoms. The van der Waals surface area contributed by atoms with Crippen LogP contribution in [0.4, 0.5) is 0 Å². The van der Waals surface area contributed by atoms with Gasteiger partial charge >= 0.3 is 0 Å². The number of carbonyl (C=O) groups is 1. The summed E-state index contributed by atoms with van der Waals surface area (Å²) in [6.07, 6.45) is -0.556. The van der Waals surface area contributed by atoms with Crippen molar-refractivity contribution in [1.82, 2.24) is 4.90 Å². The average molecular weight is 341 g/mol. The van der Waals surface area contributed by atoms with Crippen LogP contribution in [-0.2, 0) is 11.3 Å². The Morgan fingerprint density at radius 3 is 2.48 bits per heavy atom. The van der Waals surface area contributed by atoms with Gasteiger partial charge in [0.2, 0.25) is 0 Å². The zero-order valence-corrected chi connectivity index (χ0v) is 15.9. The molecule has 0 spiro atoms. The molecule has 0 aliphatic carbocycles. The van der Waals surface area contributed by atoms with E-state index in [1.807, 2.05) is 44.2 Å². The number of para-hydroxylation sites is 1. The van der Waals surface area contributed by atoms with Crippen LogP contribution in [0, 0.1) is 20.8 Å². The molecule has 0 aliphatic heterocycles. The molecule has 1 atom stereocenters. The number of nitrogens with zero attached hydrogens (tertiary/aromatic N) is 1. The van der Waals surface area contributed by atoms with Crippen LogP contribution >= 0.6 is 0 Å². The number of carbonyl (C=O) groups excluding carboxylic acids is 1. The van der Waals surface area contributed by atoms with E-state index in [0.717, 1.165) is 33.8 Å². The molecule has 0 heterocycles. The second-order valence-corrected chi connectivity index (χ2v) is 6.47. The summed E-state index contributed by atoms with van der Waals surface area (Å²) in [7, 11) is 3.41. The number of likely N-dealkylation sites (N-methyl/N-ethyl adjacent to an activating group) is 1. The quantitative estimate of drug-likeness (QED) is 0.796. The van der Waals surface area contributed by atoms with Crippen molar-refractivity contribution in [2.75, 3.05) is 14.2 Å². The summed E-state index contributed by atoms with van der Waals surface area (Å²) in [5.41, 5.74) is 4.32. The third-order valence-electron chi connectivity index (χ3n) is 4.39. The highest BCUT2D eigenvalue weighted by Crippen LogP contribution is 2.25. The minimum absolute atomic E-state index is 0.0653. The first-order chi connectivity index (χ1) is 11.8. The van der Waals surface area contributed by atoms with Gasteiger partial charge in [-0.3, -0.25) is 4.79 Å². The number of hydrogen-bond donors (Lipinski definition) is 0. The van der Waals surface area contributed by atoms with Crippen molar-refractivity contribution in [3.05, 3.63) is 58.7 Å². The standard InChI is InChI=1S/C21H27NO3/c1-14-11-15(2)16(3)20(12-14)25-17(4)21(23)22(5)13-18-9-7-8-10-19(18)24-6/h7-12,17H,13H2,1-6H3/t17-/m0/s1. The van der Waals surface area contributed by atoms with Crippen molar-refractivity contribution in [2.24, 2.45) is 0 Å². The summed E-state index contributed by atoms with van der Waals surface area (Å²) in [6.45, 7) is 8.36. The summed E-state index contributed by atoms with van der Waals surface area (Å²) in [5, 5.41) is 0. The van der Waals surface area contributed by atoms with Crippen molar-refractivity contribution < 1.29 is 14.3 Å². The molecule has 0 aliphatic rings. The fraction of sp³-hybridized carbons (Fsp3) is 0.381. The molecular weight excluding hydrogens is 314 g/mol. The van der Waals surface area contributed by atoms with Crippen molar-refractivity contribution in [3.8, 4) is 11.5 Å². The Kier molecular flexibility index (Phi) is 6.07. The predicted octanol–water partition coefficient (Wildman–Crippen LogP) is 4.05. The van der Waals surface area contributed by atoms with Gasteiger partial charge in [0.15, 0.2) is 6.10 Å². The Morgan fingerprint density at radius 2 is 1.80 bits per heavy atom. The van der Waals surface area contributed by atoms with Gasteiger partial charge in [0.25, 0.3) is 5.91 Å². The van der Waals surface area contributed by atoms with Crippen LogP contribution in [0.25, 0.3) is 0 Å². The second-order valence-electron chi connectivity index (χ2n) is 6.47. The molecule has 4 heteroatoms. The number of amides is 1. The average Bonchev–Trinajstić information content (AvgIpc) is 2.58. The number of ether oxygens (including phenoxy) is 2. The Bertz CT molecular complexity index is 755. The first kappa shape index (κ1) is 18.8. The fourth-order valence-corrected chi connectivity index (χ4v) is 2.84. The second kappa shape index (κ2) is 8.06. The number of benzene rings is 2. The Balaban J connectivity index is 2.09. The molecule has 0 saturated heterocycles. The summed E-state index contributed by atoms with van der Waals surface area (Å²) >= 11 is 0. The van der Waals surface area contributed by atoms with Gasteiger partial charge in [-0.05, 0) is 56.5 Å². The third-order valence-corrected chi connectivity index (χ3v) is 4.39. The lowest BCUT2D eigenvalue weighted by Gasteiger charge is -2.24. The van der Waals surface area contributed by atoms with E-state index in [4.69, 9.17) is 9.47 Å². The maximum atomic E-state index is 12.7. The molecule has 0 unspecified atom stereocenters. The highest BCUT2D eigenvalue weighted by molar-refractivity contribution is 5.80. The van der Waals surface area contributed by atoms with Gasteiger partial charge in [-0.2, -0.15) is 0 Å². The summed E-state index contributed by atoms with van der Waals surface area (Å²) in [4.78, 5) is 14.4. The molecule has 0 fully saturated rings. The van der Waals surface area contributed by atoms with Crippen LogP contribution in [0.2, 0.25) is 0 Å². The van der Waals surface area contributed by atoms with E-state index < -0.39 is 6.10 Å². The van der Waals surface area contributed by atoms with Gasteiger partial charge in [-0.1, -0.05) is 24.3 Å². The van der Waals surface area contributed by atoms with Crippen LogP contribution < -0.4 is 9.47 Å². The van der Waals surface area contributed by atoms with Gasteiger partial charge in [-0.25, -0.2) is 0 Å². The van der Waals surface area contributed by atoms with Crippen molar-refractivity contribution in [2.45, 2.75) is 40.3 Å². The maximum absolute atomic E-state index is 12.7. The van der Waals surface area contributed by atoms with Crippen LogP contribution in [0.5, 0.6) is 11.5 Å². The van der Waals surface area contributed by atoms with E-state index >= 15 is 0 Å². The maximum Gasteiger partial charge on any atom is 0.263 e. The van der Waals surface area contributed by atoms with Gasteiger partial charge in [0.05, 0.1) is 7.11 Å². The van der Waals surface area contributed by atoms with E-state index in [1.165, 1.54) is 0 Å². The third kappa shape index (κ3) is 4.53. The summed E-state index contributed by atoms with van der Waals surface area (Å²) in [6, 6.07) is 11.8. The summed E-state index contributed by atoms with van der Waals surface area (Å²) in [5.74, 6) is 1.48. The lowest BCUT2D eigenvalue weighted by atomic mass is 10.1. The van der Waals surface area contributed by atoms with Crippen molar-refractivity contribution >= 4 is 5.91 Å². The number of aryl methyl sites for hydroxylation is 2. The monoisotopic (exact) mass is 341 g/mol. The molecule has 0 radical (unpaired) electrons. The highest BCUT2D eigenvalue weighted by atomic mass is 16.5. The van der Waals surface area contributed by atoms with Crippen LogP contribution in [0.3, 0.4) is 0 Å². The van der Waals surface area contributed by atoms with E-state index in [0.29, 0.717) is 6.54 Å². The molecule has 134 valence electrons. The minimum atomic E-state index is -0.556. The first-order valence-corrected chi connectivity index (χ1v) is 8.45. The first-order valence-electron chi connectivity index (χ1n) is 8.45. The SMILES string of the molecule is COc1ccccc1CN(C)C(=O)[C@H](C)Oc1cc(C)cc(C)c1C. The summed E-state index contributed by atoms with van der Waals surface area (Å²) < 4.78 is 11.3. The van der Waals surface area contributed by atoms with Gasteiger partial charge in [0.1, 0.15) is 11.5 Å². The van der Waals surface area contributed by atoms with Crippen LogP contribution in [0.15, 0.2) is 36.4 Å². The normalized spacial score (nSPS) is 11.8. The lowest BCUT2D eigenvalue weighted by Crippen LogP contribution is -2.37. The molecule has 2 aromatic rings. The van der Waals surface area contributed by atoms with Crippen molar-refractivity contribution in [3.63, 3.8) is 0 Å². The molecule has 0 saturated carbocycles. The molecule has 0 N–H and O–H groups in total. The predicted molar refractivity (Wildman–Crippen MR) is 100 cm³/mol. The van der Waals surface area contributed by atoms with Gasteiger partial charge in [-0.15, -0.1) is 0 Å². The molecule has 0 bridgehead atoms. The minimum Gasteiger partial charge on any atom is -0.496 e. The number of hydrogen-bond acceptors (Lipinski definition) is 3. The van der Waals surface area contributed by atoms with E-state index in [1.54, 1.807) is 26.0 Å². The lowest BCUT2D eigenvalue weighted by molar-refractivity contribution is -0.137. The molecular formula is C21H27NO3. The molecule has 2 aromatic carbocycles. The fourth-order valence-electron chi connectivity index (χ4n) is 2.84. The zero-order chi connectivity index (χ0) is 18.6. The van der Waals surface area contributed by atoms with Crippen molar-refractivity contribution in [1.29, 1.82) is 0 Å². The van der Waals surface area contributed by atoms with Crippen LogP contribution in [0.1, 0.15) is 29.2 Å². The van der Waals surface area contributed by atoms with Gasteiger partial charge < -0.3 is 14.4 Å².